The van der Waals surface area contributed by atoms with Crippen molar-refractivity contribution in [2.24, 2.45) is 5.73 Å². The zero-order valence-corrected chi connectivity index (χ0v) is 11.5. The molecule has 5 heteroatoms. The lowest BCUT2D eigenvalue weighted by molar-refractivity contribution is 0.315. The summed E-state index contributed by atoms with van der Waals surface area (Å²) in [7, 11) is 4.11. The van der Waals surface area contributed by atoms with Crippen molar-refractivity contribution in [3.05, 3.63) is 29.6 Å². The monoisotopic (exact) mass is 267 g/mol. The Bertz CT molecular complexity index is 462. The number of halogens is 1. The molecule has 1 heterocycles. The third kappa shape index (κ3) is 2.62. The molecule has 1 fully saturated rings. The number of likely N-dealkylation sites (N-methyl/N-ethyl adjacent to an activating group) is 1. The van der Waals surface area contributed by atoms with Gasteiger partial charge in [-0.25, -0.2) is 4.39 Å². The Labute approximate surface area is 112 Å². The maximum Gasteiger partial charge on any atom is 0.147 e. The fourth-order valence-corrected chi connectivity index (χ4v) is 2.43. The van der Waals surface area contributed by atoms with Crippen molar-refractivity contribution >= 4 is 22.9 Å². The van der Waals surface area contributed by atoms with Crippen LogP contribution in [-0.2, 0) is 0 Å². The molecule has 1 aliphatic heterocycles. The first kappa shape index (κ1) is 13.2. The quantitative estimate of drug-likeness (QED) is 0.843. The second-order valence-corrected chi connectivity index (χ2v) is 5.32. The van der Waals surface area contributed by atoms with Gasteiger partial charge in [-0.05, 0) is 38.7 Å². The molecular weight excluding hydrogens is 249 g/mol. The average Bonchev–Trinajstić information content (AvgIpc) is 2.78. The van der Waals surface area contributed by atoms with Crippen LogP contribution in [0.25, 0.3) is 0 Å². The van der Waals surface area contributed by atoms with Crippen LogP contribution in [0.3, 0.4) is 0 Å². The van der Waals surface area contributed by atoms with Crippen LogP contribution in [0, 0.1) is 5.82 Å². The number of rotatable bonds is 3. The SMILES string of the molecule is CN(C)C1CCN(c2ccc(C(N)=S)cc2F)C1. The highest BCUT2D eigenvalue weighted by molar-refractivity contribution is 7.80. The van der Waals surface area contributed by atoms with Crippen molar-refractivity contribution in [3.63, 3.8) is 0 Å². The van der Waals surface area contributed by atoms with E-state index in [1.165, 1.54) is 6.07 Å². The fourth-order valence-electron chi connectivity index (χ4n) is 2.30. The standard InChI is InChI=1S/C13H18FN3S/c1-16(2)10-5-6-17(8-10)12-4-3-9(13(15)18)7-11(12)14/h3-4,7,10H,5-6,8H2,1-2H3,(H2,15,18). The number of nitrogens with two attached hydrogens (primary N) is 1. The number of benzene rings is 1. The predicted molar refractivity (Wildman–Crippen MR) is 76.6 cm³/mol. The Morgan fingerprint density at radius 3 is 2.72 bits per heavy atom. The summed E-state index contributed by atoms with van der Waals surface area (Å²) in [5.41, 5.74) is 6.71. The fraction of sp³-hybridized carbons (Fsp3) is 0.462. The summed E-state index contributed by atoms with van der Waals surface area (Å²) < 4.78 is 14.0. The molecule has 18 heavy (non-hydrogen) atoms. The van der Waals surface area contributed by atoms with Gasteiger partial charge in [0.25, 0.3) is 0 Å². The van der Waals surface area contributed by atoms with E-state index >= 15 is 0 Å². The second kappa shape index (κ2) is 5.20. The number of hydrogen-bond acceptors (Lipinski definition) is 3. The molecule has 1 saturated heterocycles. The van der Waals surface area contributed by atoms with Gasteiger partial charge < -0.3 is 15.5 Å². The first-order valence-corrected chi connectivity index (χ1v) is 6.40. The van der Waals surface area contributed by atoms with Gasteiger partial charge in [0.1, 0.15) is 10.8 Å². The molecule has 3 nitrogen and oxygen atoms in total. The molecule has 0 saturated carbocycles. The van der Waals surface area contributed by atoms with Crippen LogP contribution in [0.5, 0.6) is 0 Å². The van der Waals surface area contributed by atoms with Crippen molar-refractivity contribution in [2.75, 3.05) is 32.1 Å². The molecule has 0 radical (unpaired) electrons. The van der Waals surface area contributed by atoms with Gasteiger partial charge >= 0.3 is 0 Å². The molecule has 2 N–H and O–H groups in total. The number of nitrogens with zero attached hydrogens (tertiary/aromatic N) is 2. The summed E-state index contributed by atoms with van der Waals surface area (Å²) in [6.45, 7) is 1.74. The maximum absolute atomic E-state index is 14.0. The van der Waals surface area contributed by atoms with Gasteiger partial charge in [-0.15, -0.1) is 0 Å². The molecule has 1 unspecified atom stereocenters. The van der Waals surface area contributed by atoms with Crippen LogP contribution in [0.2, 0.25) is 0 Å². The highest BCUT2D eigenvalue weighted by atomic mass is 32.1. The molecule has 0 aliphatic carbocycles. The van der Waals surface area contributed by atoms with Crippen LogP contribution in [0.4, 0.5) is 10.1 Å². The van der Waals surface area contributed by atoms with E-state index in [9.17, 15) is 4.39 Å². The highest BCUT2D eigenvalue weighted by Crippen LogP contribution is 2.25. The lowest BCUT2D eigenvalue weighted by Gasteiger charge is -2.22. The van der Waals surface area contributed by atoms with Crippen LogP contribution in [0.15, 0.2) is 18.2 Å². The summed E-state index contributed by atoms with van der Waals surface area (Å²) in [6, 6.07) is 5.45. The molecule has 0 amide bonds. The second-order valence-electron chi connectivity index (χ2n) is 4.88. The van der Waals surface area contributed by atoms with E-state index in [0.717, 1.165) is 19.5 Å². The third-order valence-electron chi connectivity index (χ3n) is 3.47. The van der Waals surface area contributed by atoms with Gasteiger partial charge in [0.2, 0.25) is 0 Å². The van der Waals surface area contributed by atoms with E-state index < -0.39 is 0 Å². The molecule has 0 spiro atoms. The van der Waals surface area contributed by atoms with E-state index in [1.54, 1.807) is 12.1 Å². The van der Waals surface area contributed by atoms with Crippen molar-refractivity contribution in [3.8, 4) is 0 Å². The molecule has 98 valence electrons. The van der Waals surface area contributed by atoms with Crippen LogP contribution < -0.4 is 10.6 Å². The van der Waals surface area contributed by atoms with Gasteiger partial charge in [0, 0.05) is 24.7 Å². The third-order valence-corrected chi connectivity index (χ3v) is 3.70. The van der Waals surface area contributed by atoms with Gasteiger partial charge in [-0.2, -0.15) is 0 Å². The van der Waals surface area contributed by atoms with E-state index in [1.807, 2.05) is 0 Å². The predicted octanol–water partition coefficient (Wildman–Crippen LogP) is 1.60. The number of thiocarbonyl (C=S) groups is 1. The van der Waals surface area contributed by atoms with Crippen molar-refractivity contribution in [1.29, 1.82) is 0 Å². The van der Waals surface area contributed by atoms with Crippen molar-refractivity contribution < 1.29 is 4.39 Å². The molecule has 1 atom stereocenters. The minimum absolute atomic E-state index is 0.230. The van der Waals surface area contributed by atoms with Crippen molar-refractivity contribution in [2.45, 2.75) is 12.5 Å². The van der Waals surface area contributed by atoms with Gasteiger partial charge in [-0.3, -0.25) is 0 Å². The van der Waals surface area contributed by atoms with Crippen molar-refractivity contribution in [1.82, 2.24) is 4.90 Å². The minimum atomic E-state index is -0.250. The van der Waals surface area contributed by atoms with Gasteiger partial charge in [0.05, 0.1) is 5.69 Å². The summed E-state index contributed by atoms with van der Waals surface area (Å²) in [4.78, 5) is 4.48. The van der Waals surface area contributed by atoms with E-state index in [2.05, 4.69) is 23.9 Å². The zero-order chi connectivity index (χ0) is 13.3. The largest absolute Gasteiger partial charge is 0.389 e. The molecule has 1 aromatic rings. The Kier molecular flexibility index (Phi) is 3.82. The first-order chi connectivity index (χ1) is 8.49. The Morgan fingerprint density at radius 2 is 2.22 bits per heavy atom. The van der Waals surface area contributed by atoms with Crippen LogP contribution in [-0.4, -0.2) is 43.1 Å². The summed E-state index contributed by atoms with van der Waals surface area (Å²) in [5.74, 6) is -0.250. The van der Waals surface area contributed by atoms with E-state index in [4.69, 9.17) is 18.0 Å². The lowest BCUT2D eigenvalue weighted by atomic mass is 10.2. The van der Waals surface area contributed by atoms with Gasteiger partial charge in [-0.1, -0.05) is 12.2 Å². The van der Waals surface area contributed by atoms with E-state index in [-0.39, 0.29) is 10.8 Å². The maximum atomic E-state index is 14.0. The van der Waals surface area contributed by atoms with E-state index in [0.29, 0.717) is 17.3 Å². The Hall–Kier alpha value is -1.20. The topological polar surface area (TPSA) is 32.5 Å². The van der Waals surface area contributed by atoms with Gasteiger partial charge in [0.15, 0.2) is 0 Å². The Morgan fingerprint density at radius 1 is 1.50 bits per heavy atom. The van der Waals surface area contributed by atoms with Crippen LogP contribution >= 0.6 is 12.2 Å². The molecule has 0 bridgehead atoms. The summed E-state index contributed by atoms with van der Waals surface area (Å²) in [6.07, 6.45) is 1.06. The smallest absolute Gasteiger partial charge is 0.147 e. The Balaban J connectivity index is 2.18. The molecule has 1 aromatic carbocycles. The zero-order valence-electron chi connectivity index (χ0n) is 10.7. The molecule has 1 aliphatic rings. The highest BCUT2D eigenvalue weighted by Gasteiger charge is 2.25. The molecule has 0 aromatic heterocycles. The first-order valence-electron chi connectivity index (χ1n) is 6.00. The summed E-state index contributed by atoms with van der Waals surface area (Å²) in [5, 5.41) is 0. The number of anilines is 1. The minimum Gasteiger partial charge on any atom is -0.389 e. The average molecular weight is 267 g/mol. The molecule has 2 rings (SSSR count). The molecular formula is C13H18FN3S. The summed E-state index contributed by atoms with van der Waals surface area (Å²) >= 11 is 4.84. The normalized spacial score (nSPS) is 19.6. The lowest BCUT2D eigenvalue weighted by Crippen LogP contribution is -2.31. The van der Waals surface area contributed by atoms with Crippen LogP contribution in [0.1, 0.15) is 12.0 Å². The number of hydrogen-bond donors (Lipinski definition) is 1.